The second-order valence-electron chi connectivity index (χ2n) is 3.68. The zero-order chi connectivity index (χ0) is 10.4. The molecule has 14 heavy (non-hydrogen) atoms. The van der Waals surface area contributed by atoms with E-state index in [4.69, 9.17) is 0 Å². The fourth-order valence-electron chi connectivity index (χ4n) is 1.63. The van der Waals surface area contributed by atoms with Crippen molar-refractivity contribution in [3.05, 3.63) is 0 Å². The minimum absolute atomic E-state index is 0.0980. The summed E-state index contributed by atoms with van der Waals surface area (Å²) in [4.78, 5) is 13.2. The van der Waals surface area contributed by atoms with Crippen molar-refractivity contribution in [3.8, 4) is 0 Å². The van der Waals surface area contributed by atoms with Crippen molar-refractivity contribution >= 4 is 17.7 Å². The van der Waals surface area contributed by atoms with Gasteiger partial charge in [-0.3, -0.25) is 4.79 Å². The van der Waals surface area contributed by atoms with Crippen molar-refractivity contribution in [3.63, 3.8) is 0 Å². The average Bonchev–Trinajstić information content (AvgIpc) is 2.70. The Balaban J connectivity index is 2.08. The second-order valence-corrected chi connectivity index (χ2v) is 4.83. The van der Waals surface area contributed by atoms with E-state index in [0.717, 1.165) is 19.0 Å². The van der Waals surface area contributed by atoms with Crippen LogP contribution in [-0.4, -0.2) is 49.1 Å². The van der Waals surface area contributed by atoms with Gasteiger partial charge in [0.05, 0.1) is 7.11 Å². The summed E-state index contributed by atoms with van der Waals surface area (Å²) in [7, 11) is 3.59. The van der Waals surface area contributed by atoms with Gasteiger partial charge in [0, 0.05) is 18.2 Å². The maximum atomic E-state index is 10.9. The maximum Gasteiger partial charge on any atom is 0.305 e. The van der Waals surface area contributed by atoms with Crippen LogP contribution in [0.4, 0.5) is 0 Å². The van der Waals surface area contributed by atoms with Crippen LogP contribution in [0.3, 0.4) is 0 Å². The number of hydrogen-bond donors (Lipinski definition) is 0. The van der Waals surface area contributed by atoms with Crippen LogP contribution in [-0.2, 0) is 9.53 Å². The Morgan fingerprint density at radius 3 is 3.00 bits per heavy atom. The molecule has 3 nitrogen and oxygen atoms in total. The predicted octanol–water partition coefficient (Wildman–Crippen LogP) is 1.38. The van der Waals surface area contributed by atoms with Crippen LogP contribution in [0.2, 0.25) is 0 Å². The highest BCUT2D eigenvalue weighted by molar-refractivity contribution is 7.99. The smallest absolute Gasteiger partial charge is 0.305 e. The van der Waals surface area contributed by atoms with E-state index in [9.17, 15) is 4.79 Å². The van der Waals surface area contributed by atoms with Crippen molar-refractivity contribution < 1.29 is 9.53 Å². The van der Waals surface area contributed by atoms with Crippen LogP contribution in [0, 0.1) is 0 Å². The van der Waals surface area contributed by atoms with E-state index in [1.165, 1.54) is 25.0 Å². The average molecular weight is 217 g/mol. The Kier molecular flexibility index (Phi) is 5.33. The highest BCUT2D eigenvalue weighted by Crippen LogP contribution is 2.21. The van der Waals surface area contributed by atoms with E-state index >= 15 is 0 Å². The molecule has 1 fully saturated rings. The molecule has 0 aromatic rings. The highest BCUT2D eigenvalue weighted by Gasteiger charge is 2.19. The molecule has 0 spiro atoms. The van der Waals surface area contributed by atoms with Crippen molar-refractivity contribution in [1.82, 2.24) is 4.90 Å². The molecule has 1 unspecified atom stereocenters. The van der Waals surface area contributed by atoms with E-state index in [0.29, 0.717) is 6.42 Å². The molecule has 0 amide bonds. The molecule has 1 rings (SSSR count). The molecular formula is C10H19NO2S. The second kappa shape index (κ2) is 6.30. The highest BCUT2D eigenvalue weighted by atomic mass is 32.2. The Labute approximate surface area is 90.2 Å². The largest absolute Gasteiger partial charge is 0.469 e. The molecule has 1 aliphatic heterocycles. The summed E-state index contributed by atoms with van der Waals surface area (Å²) in [6.45, 7) is 1.00. The van der Waals surface area contributed by atoms with E-state index < -0.39 is 0 Å². The van der Waals surface area contributed by atoms with Crippen LogP contribution >= 0.6 is 11.8 Å². The van der Waals surface area contributed by atoms with Crippen LogP contribution < -0.4 is 0 Å². The molecule has 0 N–H and O–H groups in total. The predicted molar refractivity (Wildman–Crippen MR) is 59.6 cm³/mol. The van der Waals surface area contributed by atoms with Gasteiger partial charge in [0.2, 0.25) is 0 Å². The number of rotatable bonds is 5. The molecule has 1 aliphatic rings. The third-order valence-corrected chi connectivity index (χ3v) is 3.79. The molecule has 0 aromatic carbocycles. The van der Waals surface area contributed by atoms with Gasteiger partial charge in [0.1, 0.15) is 0 Å². The Bertz CT molecular complexity index is 181. The standard InChI is InChI=1S/C10H19NO2S/c1-11(9-5-7-14-8-9)6-3-4-10(12)13-2/h9H,3-8H2,1-2H3. The number of carbonyl (C=O) groups excluding carboxylic acids is 1. The van der Waals surface area contributed by atoms with Crippen molar-refractivity contribution in [2.24, 2.45) is 0 Å². The first-order valence-corrected chi connectivity index (χ1v) is 6.24. The number of carbonyl (C=O) groups is 1. The zero-order valence-corrected chi connectivity index (χ0v) is 9.81. The molecular weight excluding hydrogens is 198 g/mol. The van der Waals surface area contributed by atoms with Gasteiger partial charge in [-0.1, -0.05) is 0 Å². The van der Waals surface area contributed by atoms with Crippen LogP contribution in [0.1, 0.15) is 19.3 Å². The molecule has 82 valence electrons. The molecule has 0 aromatic heterocycles. The molecule has 1 saturated heterocycles. The van der Waals surface area contributed by atoms with Crippen molar-refractivity contribution in [1.29, 1.82) is 0 Å². The molecule has 0 bridgehead atoms. The lowest BCUT2D eigenvalue weighted by Crippen LogP contribution is -2.32. The number of ether oxygens (including phenoxy) is 1. The van der Waals surface area contributed by atoms with E-state index in [1.807, 2.05) is 11.8 Å². The minimum atomic E-state index is -0.0980. The van der Waals surface area contributed by atoms with Gasteiger partial charge < -0.3 is 9.64 Å². The normalized spacial score (nSPS) is 21.5. The maximum absolute atomic E-state index is 10.9. The quantitative estimate of drug-likeness (QED) is 0.651. The van der Waals surface area contributed by atoms with Crippen LogP contribution in [0.15, 0.2) is 0 Å². The molecule has 0 radical (unpaired) electrons. The summed E-state index contributed by atoms with van der Waals surface area (Å²) in [5, 5.41) is 0. The van der Waals surface area contributed by atoms with Gasteiger partial charge in [-0.2, -0.15) is 11.8 Å². The summed E-state index contributed by atoms with van der Waals surface area (Å²) in [6, 6.07) is 0.720. The van der Waals surface area contributed by atoms with Gasteiger partial charge in [-0.05, 0) is 32.2 Å². The molecule has 0 saturated carbocycles. The Morgan fingerprint density at radius 2 is 2.43 bits per heavy atom. The van der Waals surface area contributed by atoms with Gasteiger partial charge in [-0.15, -0.1) is 0 Å². The Morgan fingerprint density at radius 1 is 1.64 bits per heavy atom. The minimum Gasteiger partial charge on any atom is -0.469 e. The van der Waals surface area contributed by atoms with Crippen LogP contribution in [0.25, 0.3) is 0 Å². The third kappa shape index (κ3) is 3.88. The van der Waals surface area contributed by atoms with E-state index in [1.54, 1.807) is 0 Å². The summed E-state index contributed by atoms with van der Waals surface area (Å²) >= 11 is 2.02. The van der Waals surface area contributed by atoms with Crippen LogP contribution in [0.5, 0.6) is 0 Å². The lowest BCUT2D eigenvalue weighted by Gasteiger charge is -2.22. The first-order valence-electron chi connectivity index (χ1n) is 5.09. The first kappa shape index (κ1) is 11.9. The molecule has 1 atom stereocenters. The fraction of sp³-hybridized carbons (Fsp3) is 0.900. The SMILES string of the molecule is COC(=O)CCCN(C)C1CCSC1. The number of nitrogens with zero attached hydrogens (tertiary/aromatic N) is 1. The number of thioether (sulfide) groups is 1. The van der Waals surface area contributed by atoms with Crippen molar-refractivity contribution in [2.45, 2.75) is 25.3 Å². The van der Waals surface area contributed by atoms with Crippen molar-refractivity contribution in [2.75, 3.05) is 32.2 Å². The number of hydrogen-bond acceptors (Lipinski definition) is 4. The Hall–Kier alpha value is -0.220. The zero-order valence-electron chi connectivity index (χ0n) is 8.99. The summed E-state index contributed by atoms with van der Waals surface area (Å²) in [5.41, 5.74) is 0. The molecule has 4 heteroatoms. The van der Waals surface area contributed by atoms with Gasteiger partial charge in [-0.25, -0.2) is 0 Å². The van der Waals surface area contributed by atoms with Gasteiger partial charge in [0.15, 0.2) is 0 Å². The van der Waals surface area contributed by atoms with Gasteiger partial charge in [0.25, 0.3) is 0 Å². The fourth-order valence-corrected chi connectivity index (χ4v) is 2.93. The third-order valence-electron chi connectivity index (χ3n) is 2.65. The van der Waals surface area contributed by atoms with E-state index in [-0.39, 0.29) is 5.97 Å². The van der Waals surface area contributed by atoms with Gasteiger partial charge >= 0.3 is 5.97 Å². The van der Waals surface area contributed by atoms with E-state index in [2.05, 4.69) is 16.7 Å². The lowest BCUT2D eigenvalue weighted by molar-refractivity contribution is -0.140. The summed E-state index contributed by atoms with van der Waals surface area (Å²) in [5.74, 6) is 2.43. The summed E-state index contributed by atoms with van der Waals surface area (Å²) in [6.07, 6.45) is 2.74. The summed E-state index contributed by atoms with van der Waals surface area (Å²) < 4.78 is 4.60. The lowest BCUT2D eigenvalue weighted by atomic mass is 10.2. The first-order chi connectivity index (χ1) is 6.74. The topological polar surface area (TPSA) is 29.5 Å². The monoisotopic (exact) mass is 217 g/mol. The molecule has 1 heterocycles. The number of methoxy groups -OCH3 is 1. The number of esters is 1. The molecule has 0 aliphatic carbocycles.